The van der Waals surface area contributed by atoms with Crippen molar-refractivity contribution in [1.29, 1.82) is 0 Å². The summed E-state index contributed by atoms with van der Waals surface area (Å²) in [5, 5.41) is 3.33. The largest absolute Gasteiger partial charge is 0.319 e. The van der Waals surface area contributed by atoms with Crippen LogP contribution in [0.15, 0.2) is 29.2 Å². The first kappa shape index (κ1) is 15.4. The molecule has 1 saturated heterocycles. The number of carbonyl (C=O) groups excluding carboxylic acids is 1. The van der Waals surface area contributed by atoms with Gasteiger partial charge in [-0.2, -0.15) is 0 Å². The lowest BCUT2D eigenvalue weighted by molar-refractivity contribution is -0.132. The van der Waals surface area contributed by atoms with Crippen LogP contribution in [-0.4, -0.2) is 29.6 Å². The lowest BCUT2D eigenvalue weighted by Gasteiger charge is -2.38. The Morgan fingerprint density at radius 2 is 1.90 bits per heavy atom. The first-order valence-corrected chi connectivity index (χ1v) is 8.25. The summed E-state index contributed by atoms with van der Waals surface area (Å²) in [4.78, 5) is 15.5. The molecule has 2 unspecified atom stereocenters. The fourth-order valence-electron chi connectivity index (χ4n) is 2.44. The maximum Gasteiger partial charge on any atom is 0.238 e. The van der Waals surface area contributed by atoms with Gasteiger partial charge in [0.05, 0.1) is 6.54 Å². The third kappa shape index (κ3) is 3.01. The number of hydrogen-bond donors (Lipinski definition) is 1. The van der Waals surface area contributed by atoms with E-state index in [4.69, 9.17) is 0 Å². The number of amides is 1. The number of hydrogen-bond acceptors (Lipinski definition) is 3. The summed E-state index contributed by atoms with van der Waals surface area (Å²) >= 11 is 1.73. The SMILES string of the molecule is CSc1ccc(C2NCC(=O)N2C(C)C(C)(C)C)cc1. The summed E-state index contributed by atoms with van der Waals surface area (Å²) in [6.45, 7) is 9.09. The summed E-state index contributed by atoms with van der Waals surface area (Å²) in [6.07, 6.45) is 2.06. The maximum absolute atomic E-state index is 12.2. The van der Waals surface area contributed by atoms with Crippen molar-refractivity contribution in [3.05, 3.63) is 29.8 Å². The molecule has 1 fully saturated rings. The van der Waals surface area contributed by atoms with Gasteiger partial charge >= 0.3 is 0 Å². The molecule has 4 heteroatoms. The van der Waals surface area contributed by atoms with Gasteiger partial charge in [-0.3, -0.25) is 10.1 Å². The Labute approximate surface area is 126 Å². The van der Waals surface area contributed by atoms with Crippen molar-refractivity contribution in [1.82, 2.24) is 10.2 Å². The summed E-state index contributed by atoms with van der Waals surface area (Å²) in [5.74, 6) is 0.186. The Bertz CT molecular complexity index is 478. The van der Waals surface area contributed by atoms with Gasteiger partial charge in [0.1, 0.15) is 6.17 Å². The van der Waals surface area contributed by atoms with Crippen molar-refractivity contribution in [2.75, 3.05) is 12.8 Å². The predicted molar refractivity (Wildman–Crippen MR) is 84.7 cm³/mol. The maximum atomic E-state index is 12.2. The quantitative estimate of drug-likeness (QED) is 0.868. The highest BCUT2D eigenvalue weighted by Gasteiger charge is 2.39. The molecule has 0 radical (unpaired) electrons. The molecule has 110 valence electrons. The standard InChI is InChI=1S/C16H24N2OS/c1-11(16(2,3)4)18-14(19)10-17-15(18)12-6-8-13(20-5)9-7-12/h6-9,11,15,17H,10H2,1-5H3. The smallest absolute Gasteiger partial charge is 0.238 e. The molecule has 0 aliphatic carbocycles. The Morgan fingerprint density at radius 3 is 2.40 bits per heavy atom. The highest BCUT2D eigenvalue weighted by Crippen LogP contribution is 2.33. The molecule has 1 heterocycles. The van der Waals surface area contributed by atoms with Gasteiger partial charge < -0.3 is 4.90 Å². The van der Waals surface area contributed by atoms with Crippen LogP contribution in [0.3, 0.4) is 0 Å². The molecule has 2 atom stereocenters. The predicted octanol–water partition coefficient (Wildman–Crippen LogP) is 3.27. The molecular formula is C16H24N2OS. The fraction of sp³-hybridized carbons (Fsp3) is 0.562. The molecule has 3 nitrogen and oxygen atoms in total. The van der Waals surface area contributed by atoms with E-state index >= 15 is 0 Å². The molecule has 1 aromatic rings. The molecule has 1 N–H and O–H groups in total. The van der Waals surface area contributed by atoms with Crippen molar-refractivity contribution < 1.29 is 4.79 Å². The molecule has 1 aliphatic rings. The molecule has 2 rings (SSSR count). The van der Waals surface area contributed by atoms with Crippen molar-refractivity contribution in [2.24, 2.45) is 5.41 Å². The number of carbonyl (C=O) groups is 1. The number of benzene rings is 1. The van der Waals surface area contributed by atoms with E-state index in [1.165, 1.54) is 4.90 Å². The van der Waals surface area contributed by atoms with Crippen LogP contribution in [0.1, 0.15) is 39.4 Å². The zero-order chi connectivity index (χ0) is 14.9. The molecule has 0 aromatic heterocycles. The van der Waals surface area contributed by atoms with Crippen LogP contribution in [0, 0.1) is 5.41 Å². The second kappa shape index (κ2) is 5.78. The summed E-state index contributed by atoms with van der Waals surface area (Å²) in [7, 11) is 0. The number of nitrogens with one attached hydrogen (secondary N) is 1. The van der Waals surface area contributed by atoms with Gasteiger partial charge in [0.25, 0.3) is 0 Å². The van der Waals surface area contributed by atoms with Gasteiger partial charge in [0, 0.05) is 10.9 Å². The Morgan fingerprint density at radius 1 is 1.30 bits per heavy atom. The van der Waals surface area contributed by atoms with E-state index in [1.54, 1.807) is 11.8 Å². The van der Waals surface area contributed by atoms with E-state index in [9.17, 15) is 4.79 Å². The van der Waals surface area contributed by atoms with Crippen molar-refractivity contribution in [2.45, 2.75) is 44.8 Å². The van der Waals surface area contributed by atoms with Crippen LogP contribution in [0.25, 0.3) is 0 Å². The molecule has 0 spiro atoms. The van der Waals surface area contributed by atoms with Crippen molar-refractivity contribution in [3.63, 3.8) is 0 Å². The first-order chi connectivity index (χ1) is 9.34. The monoisotopic (exact) mass is 292 g/mol. The van der Waals surface area contributed by atoms with Crippen molar-refractivity contribution in [3.8, 4) is 0 Å². The van der Waals surface area contributed by atoms with Gasteiger partial charge in [-0.15, -0.1) is 11.8 Å². The molecule has 20 heavy (non-hydrogen) atoms. The molecular weight excluding hydrogens is 268 g/mol. The number of rotatable bonds is 3. The fourth-order valence-corrected chi connectivity index (χ4v) is 2.85. The Kier molecular flexibility index (Phi) is 4.45. The minimum Gasteiger partial charge on any atom is -0.319 e. The molecule has 1 amide bonds. The highest BCUT2D eigenvalue weighted by atomic mass is 32.2. The van der Waals surface area contributed by atoms with Crippen LogP contribution < -0.4 is 5.32 Å². The topological polar surface area (TPSA) is 32.3 Å². The zero-order valence-corrected chi connectivity index (χ0v) is 13.8. The van der Waals surface area contributed by atoms with Crippen LogP contribution >= 0.6 is 11.8 Å². The molecule has 1 aromatic carbocycles. The van der Waals surface area contributed by atoms with E-state index in [0.717, 1.165) is 5.56 Å². The van der Waals surface area contributed by atoms with Gasteiger partial charge in [0.2, 0.25) is 5.91 Å². The Balaban J connectivity index is 2.27. The second-order valence-electron chi connectivity index (χ2n) is 6.40. The first-order valence-electron chi connectivity index (χ1n) is 7.03. The van der Waals surface area contributed by atoms with Crippen LogP contribution in [-0.2, 0) is 4.79 Å². The van der Waals surface area contributed by atoms with E-state index in [0.29, 0.717) is 6.54 Å². The van der Waals surface area contributed by atoms with Gasteiger partial charge in [-0.25, -0.2) is 0 Å². The summed E-state index contributed by atoms with van der Waals surface area (Å²) in [5.41, 5.74) is 1.23. The van der Waals surface area contributed by atoms with Crippen LogP contribution in [0.2, 0.25) is 0 Å². The second-order valence-corrected chi connectivity index (χ2v) is 7.28. The van der Waals surface area contributed by atoms with E-state index in [1.807, 2.05) is 4.90 Å². The molecule has 0 saturated carbocycles. The van der Waals surface area contributed by atoms with E-state index in [2.05, 4.69) is 63.5 Å². The zero-order valence-electron chi connectivity index (χ0n) is 12.9. The number of nitrogens with zero attached hydrogens (tertiary/aromatic N) is 1. The number of thioether (sulfide) groups is 1. The van der Waals surface area contributed by atoms with E-state index in [-0.39, 0.29) is 23.5 Å². The average Bonchev–Trinajstić information content (AvgIpc) is 2.78. The van der Waals surface area contributed by atoms with Gasteiger partial charge in [-0.1, -0.05) is 32.9 Å². The third-order valence-electron chi connectivity index (χ3n) is 4.11. The lowest BCUT2D eigenvalue weighted by Crippen LogP contribution is -2.45. The van der Waals surface area contributed by atoms with Crippen LogP contribution in [0.5, 0.6) is 0 Å². The third-order valence-corrected chi connectivity index (χ3v) is 4.86. The summed E-state index contributed by atoms with van der Waals surface area (Å²) < 4.78 is 0. The average molecular weight is 292 g/mol. The van der Waals surface area contributed by atoms with E-state index < -0.39 is 0 Å². The normalized spacial score (nSPS) is 21.4. The van der Waals surface area contributed by atoms with Gasteiger partial charge in [-0.05, 0) is 36.3 Å². The van der Waals surface area contributed by atoms with Gasteiger partial charge in [0.15, 0.2) is 0 Å². The minimum atomic E-state index is -0.00682. The molecule has 0 bridgehead atoms. The highest BCUT2D eigenvalue weighted by molar-refractivity contribution is 7.98. The molecule has 1 aliphatic heterocycles. The minimum absolute atomic E-state index is 0.00682. The van der Waals surface area contributed by atoms with Crippen LogP contribution in [0.4, 0.5) is 0 Å². The Hall–Kier alpha value is -1.00. The van der Waals surface area contributed by atoms with Crippen molar-refractivity contribution >= 4 is 17.7 Å². The summed E-state index contributed by atoms with van der Waals surface area (Å²) in [6, 6.07) is 8.65. The lowest BCUT2D eigenvalue weighted by atomic mass is 9.86.